The molecule has 0 aromatic heterocycles. The van der Waals surface area contributed by atoms with Crippen molar-refractivity contribution in [3.8, 4) is 0 Å². The number of halogens is 6. The minimum absolute atomic E-state index is 0.0151. The van der Waals surface area contributed by atoms with E-state index in [4.69, 9.17) is 10.5 Å². The zero-order valence-corrected chi connectivity index (χ0v) is 20.8. The van der Waals surface area contributed by atoms with Crippen molar-refractivity contribution in [3.63, 3.8) is 0 Å². The minimum Gasteiger partial charge on any atom is -0.372 e. The molecule has 0 saturated carbocycles. The number of piperidine rings is 1. The van der Waals surface area contributed by atoms with Crippen LogP contribution >= 0.6 is 0 Å². The van der Waals surface area contributed by atoms with Crippen molar-refractivity contribution < 1.29 is 35.9 Å². The number of alkyl halides is 6. The van der Waals surface area contributed by atoms with Crippen LogP contribution in [0.25, 0.3) is 0 Å². The quantitative estimate of drug-likeness (QED) is 0.424. The summed E-state index contributed by atoms with van der Waals surface area (Å²) in [6, 6.07) is 10.5. The normalized spacial score (nSPS) is 21.9. The van der Waals surface area contributed by atoms with Gasteiger partial charge in [0.25, 0.3) is 0 Å². The molecule has 2 aromatic carbocycles. The van der Waals surface area contributed by atoms with E-state index in [1.165, 1.54) is 6.92 Å². The molecule has 37 heavy (non-hydrogen) atoms. The molecule has 5 nitrogen and oxygen atoms in total. The highest BCUT2D eigenvalue weighted by molar-refractivity contribution is 5.85. The van der Waals surface area contributed by atoms with Crippen LogP contribution in [0.5, 0.6) is 0 Å². The molecule has 3 atom stereocenters. The van der Waals surface area contributed by atoms with Crippen molar-refractivity contribution in [2.24, 2.45) is 5.73 Å². The van der Waals surface area contributed by atoms with Gasteiger partial charge in [-0.1, -0.05) is 30.3 Å². The van der Waals surface area contributed by atoms with Gasteiger partial charge in [0.15, 0.2) is 0 Å². The van der Waals surface area contributed by atoms with Gasteiger partial charge in [-0.3, -0.25) is 4.79 Å². The molecule has 11 heteroatoms. The van der Waals surface area contributed by atoms with Gasteiger partial charge >= 0.3 is 12.4 Å². The van der Waals surface area contributed by atoms with Crippen LogP contribution in [0.4, 0.5) is 26.3 Å². The predicted octanol–water partition coefficient (Wildman–Crippen LogP) is 5.30. The fraction of sp³-hybridized carbons (Fsp3) is 0.500. The Labute approximate surface area is 211 Å². The van der Waals surface area contributed by atoms with Crippen molar-refractivity contribution in [1.82, 2.24) is 10.6 Å². The first-order valence-electron chi connectivity index (χ1n) is 11.8. The van der Waals surface area contributed by atoms with Gasteiger partial charge in [0.2, 0.25) is 5.91 Å². The van der Waals surface area contributed by atoms with Crippen LogP contribution in [0, 0.1) is 0 Å². The van der Waals surface area contributed by atoms with Gasteiger partial charge in [0.1, 0.15) is 0 Å². The SMILES string of the molecule is C[C@@H](OC[C@@]1(c2ccccc2)CC[C@H](NC(=O)C(C)(C)N)CN1)c1cc(C(F)(F)F)cc(C(F)(F)F)c1. The van der Waals surface area contributed by atoms with Crippen molar-refractivity contribution in [1.29, 1.82) is 0 Å². The molecular weight excluding hydrogens is 500 g/mol. The maximum Gasteiger partial charge on any atom is 0.416 e. The Morgan fingerprint density at radius 3 is 2.11 bits per heavy atom. The molecule has 1 amide bonds. The average molecular weight is 532 g/mol. The monoisotopic (exact) mass is 531 g/mol. The fourth-order valence-electron chi connectivity index (χ4n) is 4.21. The number of nitrogens with one attached hydrogen (secondary N) is 2. The van der Waals surface area contributed by atoms with E-state index < -0.39 is 40.7 Å². The van der Waals surface area contributed by atoms with Gasteiger partial charge in [-0.05, 0) is 62.9 Å². The molecule has 1 heterocycles. The van der Waals surface area contributed by atoms with Gasteiger partial charge < -0.3 is 21.1 Å². The van der Waals surface area contributed by atoms with Crippen LogP contribution in [0.2, 0.25) is 0 Å². The second-order valence-corrected chi connectivity index (χ2v) is 10.1. The topological polar surface area (TPSA) is 76.4 Å². The lowest BCUT2D eigenvalue weighted by molar-refractivity contribution is -0.143. The van der Waals surface area contributed by atoms with E-state index in [0.717, 1.165) is 5.56 Å². The highest BCUT2D eigenvalue weighted by Crippen LogP contribution is 2.39. The Hall–Kier alpha value is -2.63. The number of benzene rings is 2. The summed E-state index contributed by atoms with van der Waals surface area (Å²) in [6.07, 6.45) is -9.88. The number of hydrogen-bond acceptors (Lipinski definition) is 4. The molecule has 3 rings (SSSR count). The lowest BCUT2D eigenvalue weighted by atomic mass is 9.81. The van der Waals surface area contributed by atoms with E-state index in [9.17, 15) is 31.1 Å². The first kappa shape index (κ1) is 28.9. The number of hydrogen-bond donors (Lipinski definition) is 3. The number of nitrogens with two attached hydrogens (primary N) is 1. The highest BCUT2D eigenvalue weighted by Gasteiger charge is 2.40. The molecule has 1 fully saturated rings. The zero-order valence-electron chi connectivity index (χ0n) is 20.8. The summed E-state index contributed by atoms with van der Waals surface area (Å²) < 4.78 is 85.7. The fourth-order valence-corrected chi connectivity index (χ4v) is 4.21. The third-order valence-corrected chi connectivity index (χ3v) is 6.51. The Balaban J connectivity index is 1.81. The Bertz CT molecular complexity index is 1040. The van der Waals surface area contributed by atoms with Gasteiger partial charge in [-0.15, -0.1) is 0 Å². The predicted molar refractivity (Wildman–Crippen MR) is 126 cm³/mol. The first-order chi connectivity index (χ1) is 17.0. The maximum absolute atomic E-state index is 13.3. The van der Waals surface area contributed by atoms with Crippen molar-refractivity contribution >= 4 is 5.91 Å². The number of amides is 1. The van der Waals surface area contributed by atoms with Crippen molar-refractivity contribution in [2.45, 2.75) is 69.2 Å². The van der Waals surface area contributed by atoms with Gasteiger partial charge in [0, 0.05) is 12.6 Å². The molecule has 0 spiro atoms. The van der Waals surface area contributed by atoms with Crippen LogP contribution in [0.1, 0.15) is 62.0 Å². The second kappa shape index (κ2) is 10.6. The average Bonchev–Trinajstić information content (AvgIpc) is 2.82. The molecule has 1 aliphatic rings. The smallest absolute Gasteiger partial charge is 0.372 e. The molecule has 0 radical (unpaired) electrons. The van der Waals surface area contributed by atoms with Crippen LogP contribution in [-0.4, -0.2) is 30.6 Å². The summed E-state index contributed by atoms with van der Waals surface area (Å²) in [5.74, 6) is -0.304. The van der Waals surface area contributed by atoms with Crippen LogP contribution in [0.15, 0.2) is 48.5 Å². The molecule has 204 valence electrons. The Morgan fingerprint density at radius 2 is 1.65 bits per heavy atom. The summed E-state index contributed by atoms with van der Waals surface area (Å²) in [5, 5.41) is 6.29. The molecule has 2 aromatic rings. The van der Waals surface area contributed by atoms with E-state index >= 15 is 0 Å². The first-order valence-corrected chi connectivity index (χ1v) is 11.8. The van der Waals surface area contributed by atoms with E-state index in [0.29, 0.717) is 31.5 Å². The molecule has 1 saturated heterocycles. The summed E-state index contributed by atoms with van der Waals surface area (Å²) in [6.45, 7) is 4.97. The van der Waals surface area contributed by atoms with Crippen LogP contribution < -0.4 is 16.4 Å². The molecule has 1 aliphatic heterocycles. The maximum atomic E-state index is 13.3. The lowest BCUT2D eigenvalue weighted by Crippen LogP contribution is -2.60. The molecule has 0 unspecified atom stereocenters. The Kier molecular flexibility index (Phi) is 8.31. The van der Waals surface area contributed by atoms with E-state index in [2.05, 4.69) is 10.6 Å². The third-order valence-electron chi connectivity index (χ3n) is 6.51. The standard InChI is InChI=1S/C26H31F6N3O2/c1-16(17-11-19(25(27,28)29)13-20(12-17)26(30,31)32)37-15-24(18-7-5-4-6-8-18)10-9-21(14-34-24)35-22(36)23(2,3)33/h4-8,11-13,16,21,34H,9-10,14-15,33H2,1-3H3,(H,35,36)/t16-,21+,24-/m1/s1. The Morgan fingerprint density at radius 1 is 1.08 bits per heavy atom. The third kappa shape index (κ3) is 7.24. The molecular formula is C26H31F6N3O2. The molecule has 0 bridgehead atoms. The van der Waals surface area contributed by atoms with Crippen molar-refractivity contribution in [3.05, 3.63) is 70.8 Å². The zero-order chi connectivity index (χ0) is 27.6. The number of ether oxygens (including phenoxy) is 1. The second-order valence-electron chi connectivity index (χ2n) is 10.1. The van der Waals surface area contributed by atoms with E-state index in [1.807, 2.05) is 30.3 Å². The van der Waals surface area contributed by atoms with E-state index in [1.54, 1.807) is 13.8 Å². The summed E-state index contributed by atoms with van der Waals surface area (Å²) in [4.78, 5) is 12.3. The number of rotatable bonds is 7. The molecule has 0 aliphatic carbocycles. The lowest BCUT2D eigenvalue weighted by Gasteiger charge is -2.42. The summed E-state index contributed by atoms with van der Waals surface area (Å²) >= 11 is 0. The van der Waals surface area contributed by atoms with Crippen LogP contribution in [0.3, 0.4) is 0 Å². The van der Waals surface area contributed by atoms with Gasteiger partial charge in [-0.2, -0.15) is 26.3 Å². The number of carbonyl (C=O) groups is 1. The highest BCUT2D eigenvalue weighted by atomic mass is 19.4. The summed E-state index contributed by atoms with van der Waals surface area (Å²) in [5.41, 5.74) is 1.90. The number of carbonyl (C=O) groups excluding carboxylic acids is 1. The largest absolute Gasteiger partial charge is 0.416 e. The van der Waals surface area contributed by atoms with E-state index in [-0.39, 0.29) is 30.2 Å². The molecule has 4 N–H and O–H groups in total. The van der Waals surface area contributed by atoms with Crippen molar-refractivity contribution in [2.75, 3.05) is 13.2 Å². The van der Waals surface area contributed by atoms with Gasteiger partial charge in [-0.25, -0.2) is 0 Å². The van der Waals surface area contributed by atoms with Crippen LogP contribution in [-0.2, 0) is 27.4 Å². The summed E-state index contributed by atoms with van der Waals surface area (Å²) in [7, 11) is 0. The minimum atomic E-state index is -4.94. The van der Waals surface area contributed by atoms with Gasteiger partial charge in [0.05, 0.1) is 34.9 Å².